The molecule has 0 aliphatic rings. The van der Waals surface area contributed by atoms with Gasteiger partial charge in [0.15, 0.2) is 0 Å². The van der Waals surface area contributed by atoms with Crippen molar-refractivity contribution in [1.82, 2.24) is 0 Å². The Labute approximate surface area is 90.5 Å². The van der Waals surface area contributed by atoms with E-state index in [9.17, 15) is 4.39 Å². The van der Waals surface area contributed by atoms with Crippen LogP contribution in [-0.4, -0.2) is 0 Å². The van der Waals surface area contributed by atoms with E-state index in [0.717, 1.165) is 18.4 Å². The first-order valence-electron chi connectivity index (χ1n) is 5.21. The molecule has 0 amide bonds. The number of hydrogen-bond donors (Lipinski definition) is 0. The van der Waals surface area contributed by atoms with Crippen LogP contribution in [0.25, 0.3) is 0 Å². The van der Waals surface area contributed by atoms with E-state index in [1.54, 1.807) is 6.07 Å². The highest BCUT2D eigenvalue weighted by Crippen LogP contribution is 2.31. The maximum atomic E-state index is 13.0. The van der Waals surface area contributed by atoms with Gasteiger partial charge in [0.2, 0.25) is 0 Å². The van der Waals surface area contributed by atoms with Crippen molar-refractivity contribution in [3.8, 4) is 6.07 Å². The van der Waals surface area contributed by atoms with Crippen molar-refractivity contribution < 1.29 is 4.39 Å². The topological polar surface area (TPSA) is 23.8 Å². The third-order valence-electron chi connectivity index (χ3n) is 2.71. The van der Waals surface area contributed by atoms with Crippen molar-refractivity contribution in [1.29, 1.82) is 5.26 Å². The fraction of sp³-hybridized carbons (Fsp3) is 0.462. The number of hydrogen-bond acceptors (Lipinski definition) is 1. The molecule has 0 saturated heterocycles. The zero-order valence-corrected chi connectivity index (χ0v) is 9.47. The van der Waals surface area contributed by atoms with Gasteiger partial charge in [-0.3, -0.25) is 0 Å². The Morgan fingerprint density at radius 3 is 2.60 bits per heavy atom. The van der Waals surface area contributed by atoms with Crippen LogP contribution in [0.1, 0.15) is 44.7 Å². The van der Waals surface area contributed by atoms with E-state index in [1.807, 2.05) is 0 Å². The molecule has 0 unspecified atom stereocenters. The van der Waals surface area contributed by atoms with Crippen molar-refractivity contribution in [2.75, 3.05) is 0 Å². The molecule has 0 saturated carbocycles. The summed E-state index contributed by atoms with van der Waals surface area (Å²) in [6.45, 7) is 6.28. The number of nitrogens with zero attached hydrogens (tertiary/aromatic N) is 1. The Hall–Kier alpha value is -1.36. The lowest BCUT2D eigenvalue weighted by molar-refractivity contribution is 0.471. The monoisotopic (exact) mass is 205 g/mol. The van der Waals surface area contributed by atoms with Crippen molar-refractivity contribution in [3.05, 3.63) is 35.1 Å². The summed E-state index contributed by atoms with van der Waals surface area (Å²) in [5.41, 5.74) is 1.33. The number of nitriles is 1. The third kappa shape index (κ3) is 2.56. The van der Waals surface area contributed by atoms with Crippen LogP contribution in [-0.2, 0) is 5.41 Å². The first kappa shape index (κ1) is 11.7. The highest BCUT2D eigenvalue weighted by molar-refractivity contribution is 5.42. The zero-order chi connectivity index (χ0) is 11.5. The maximum absolute atomic E-state index is 13.0. The van der Waals surface area contributed by atoms with Crippen LogP contribution >= 0.6 is 0 Å². The van der Waals surface area contributed by atoms with Gasteiger partial charge >= 0.3 is 0 Å². The van der Waals surface area contributed by atoms with Crippen LogP contribution in [0.4, 0.5) is 4.39 Å². The van der Waals surface area contributed by atoms with E-state index in [0.29, 0.717) is 5.56 Å². The minimum Gasteiger partial charge on any atom is -0.207 e. The Morgan fingerprint density at radius 2 is 2.07 bits per heavy atom. The van der Waals surface area contributed by atoms with Crippen LogP contribution < -0.4 is 0 Å². The second kappa shape index (κ2) is 4.44. The van der Waals surface area contributed by atoms with Crippen LogP contribution in [0.3, 0.4) is 0 Å². The molecule has 1 nitrogen and oxygen atoms in total. The molecular formula is C13H16FN. The fourth-order valence-corrected chi connectivity index (χ4v) is 1.96. The molecule has 0 heterocycles. The zero-order valence-electron chi connectivity index (χ0n) is 9.47. The molecule has 0 spiro atoms. The van der Waals surface area contributed by atoms with Gasteiger partial charge in [0, 0.05) is 0 Å². The number of halogens is 1. The molecule has 2 heteroatoms. The third-order valence-corrected chi connectivity index (χ3v) is 2.71. The fourth-order valence-electron chi connectivity index (χ4n) is 1.96. The van der Waals surface area contributed by atoms with Gasteiger partial charge in [0.1, 0.15) is 5.82 Å². The first-order valence-corrected chi connectivity index (χ1v) is 5.21. The Balaban J connectivity index is 3.20. The quantitative estimate of drug-likeness (QED) is 0.736. The summed E-state index contributed by atoms with van der Waals surface area (Å²) in [5.74, 6) is -0.345. The van der Waals surface area contributed by atoms with Crippen LogP contribution in [0.5, 0.6) is 0 Å². The Morgan fingerprint density at radius 1 is 1.40 bits per heavy atom. The molecule has 0 atom stereocenters. The molecule has 1 aromatic carbocycles. The van der Waals surface area contributed by atoms with Crippen LogP contribution in [0.2, 0.25) is 0 Å². The molecule has 1 rings (SSSR count). The van der Waals surface area contributed by atoms with Gasteiger partial charge in [-0.2, -0.15) is 5.26 Å². The van der Waals surface area contributed by atoms with E-state index < -0.39 is 0 Å². The lowest BCUT2D eigenvalue weighted by Gasteiger charge is -2.25. The van der Waals surface area contributed by atoms with Gasteiger partial charge in [-0.05, 0) is 29.5 Å². The highest BCUT2D eigenvalue weighted by atomic mass is 19.1. The molecule has 15 heavy (non-hydrogen) atoms. The SMILES string of the molecule is CCCC(C)(C)c1ccc(F)cc1C#N. The second-order valence-corrected chi connectivity index (χ2v) is 4.44. The van der Waals surface area contributed by atoms with Gasteiger partial charge in [0.25, 0.3) is 0 Å². The summed E-state index contributed by atoms with van der Waals surface area (Å²) in [5, 5.41) is 8.96. The summed E-state index contributed by atoms with van der Waals surface area (Å²) in [6, 6.07) is 6.52. The molecule has 0 aromatic heterocycles. The van der Waals surface area contributed by atoms with Gasteiger partial charge in [-0.15, -0.1) is 0 Å². The van der Waals surface area contributed by atoms with Gasteiger partial charge in [0.05, 0.1) is 11.6 Å². The molecule has 0 bridgehead atoms. The van der Waals surface area contributed by atoms with E-state index >= 15 is 0 Å². The second-order valence-electron chi connectivity index (χ2n) is 4.44. The van der Waals surface area contributed by atoms with Crippen molar-refractivity contribution in [2.24, 2.45) is 0 Å². The minimum atomic E-state index is -0.345. The molecule has 0 fully saturated rings. The summed E-state index contributed by atoms with van der Waals surface area (Å²) < 4.78 is 13.0. The first-order chi connectivity index (χ1) is 7.01. The number of benzene rings is 1. The minimum absolute atomic E-state index is 0.0620. The lowest BCUT2D eigenvalue weighted by Crippen LogP contribution is -2.18. The van der Waals surface area contributed by atoms with E-state index in [2.05, 4.69) is 26.8 Å². The predicted octanol–water partition coefficient (Wildman–Crippen LogP) is 3.78. The van der Waals surface area contributed by atoms with Crippen LogP contribution in [0, 0.1) is 17.1 Å². The Kier molecular flexibility index (Phi) is 3.47. The van der Waals surface area contributed by atoms with Crippen molar-refractivity contribution >= 4 is 0 Å². The van der Waals surface area contributed by atoms with Crippen molar-refractivity contribution in [3.63, 3.8) is 0 Å². The smallest absolute Gasteiger partial charge is 0.124 e. The number of rotatable bonds is 3. The average molecular weight is 205 g/mol. The summed E-state index contributed by atoms with van der Waals surface area (Å²) >= 11 is 0. The van der Waals surface area contributed by atoms with E-state index in [4.69, 9.17) is 5.26 Å². The maximum Gasteiger partial charge on any atom is 0.124 e. The molecule has 0 aliphatic carbocycles. The standard InChI is InChI=1S/C13H16FN/c1-4-7-13(2,3)12-6-5-11(14)8-10(12)9-15/h5-6,8H,4,7H2,1-3H3. The summed E-state index contributed by atoms with van der Waals surface area (Å²) in [6.07, 6.45) is 2.04. The largest absolute Gasteiger partial charge is 0.207 e. The molecule has 0 aliphatic heterocycles. The predicted molar refractivity (Wildman–Crippen MR) is 59.0 cm³/mol. The van der Waals surface area contributed by atoms with Gasteiger partial charge in [-0.1, -0.05) is 33.3 Å². The van der Waals surface area contributed by atoms with Crippen molar-refractivity contribution in [2.45, 2.75) is 39.0 Å². The Bertz CT molecular complexity index is 388. The van der Waals surface area contributed by atoms with E-state index in [1.165, 1.54) is 12.1 Å². The molecule has 80 valence electrons. The van der Waals surface area contributed by atoms with E-state index in [-0.39, 0.29) is 11.2 Å². The normalized spacial score (nSPS) is 11.1. The lowest BCUT2D eigenvalue weighted by atomic mass is 9.78. The molecule has 0 radical (unpaired) electrons. The van der Waals surface area contributed by atoms with Gasteiger partial charge in [-0.25, -0.2) is 4.39 Å². The highest BCUT2D eigenvalue weighted by Gasteiger charge is 2.22. The summed E-state index contributed by atoms with van der Waals surface area (Å²) in [7, 11) is 0. The molecule has 0 N–H and O–H groups in total. The molecule has 1 aromatic rings. The van der Waals surface area contributed by atoms with Crippen LogP contribution in [0.15, 0.2) is 18.2 Å². The average Bonchev–Trinajstić information content (AvgIpc) is 2.17. The summed E-state index contributed by atoms with van der Waals surface area (Å²) in [4.78, 5) is 0. The van der Waals surface area contributed by atoms with Gasteiger partial charge < -0.3 is 0 Å². The molecular weight excluding hydrogens is 189 g/mol.